The molecule has 1 atom stereocenters. The second kappa shape index (κ2) is 12.7. The molecule has 3 aromatic carbocycles. The Morgan fingerprint density at radius 2 is 1.50 bits per heavy atom. The number of benzene rings is 3. The first-order chi connectivity index (χ1) is 20.2. The predicted molar refractivity (Wildman–Crippen MR) is 157 cm³/mol. The van der Waals surface area contributed by atoms with Crippen LogP contribution in [0.15, 0.2) is 78.9 Å². The van der Waals surface area contributed by atoms with E-state index < -0.39 is 22.7 Å². The molecular formula is C33H38F2N4O3. The molecule has 0 bridgehead atoms. The fraction of sp³-hybridized carbons (Fsp3) is 0.394. The van der Waals surface area contributed by atoms with E-state index in [1.165, 1.54) is 17.0 Å². The molecule has 0 aliphatic carbocycles. The summed E-state index contributed by atoms with van der Waals surface area (Å²) < 4.78 is 34.7. The number of hydrogen-bond acceptors (Lipinski definition) is 5. The molecule has 2 fully saturated rings. The number of amides is 2. The van der Waals surface area contributed by atoms with Crippen molar-refractivity contribution in [3.8, 4) is 0 Å². The number of urea groups is 1. The van der Waals surface area contributed by atoms with Crippen molar-refractivity contribution in [1.29, 1.82) is 0 Å². The van der Waals surface area contributed by atoms with Crippen LogP contribution < -0.4 is 5.32 Å². The Labute approximate surface area is 246 Å². The predicted octanol–water partition coefficient (Wildman–Crippen LogP) is 4.64. The van der Waals surface area contributed by atoms with Crippen LogP contribution in [0.4, 0.5) is 13.6 Å². The Morgan fingerprint density at radius 1 is 0.881 bits per heavy atom. The van der Waals surface area contributed by atoms with Crippen molar-refractivity contribution in [1.82, 2.24) is 20.0 Å². The lowest BCUT2D eigenvalue weighted by molar-refractivity contribution is -0.0169. The number of carbonyl (C=O) groups excluding carboxylic acids is 2. The molecule has 42 heavy (non-hydrogen) atoms. The summed E-state index contributed by atoms with van der Waals surface area (Å²) in [4.78, 5) is 33.5. The van der Waals surface area contributed by atoms with Gasteiger partial charge in [0.25, 0.3) is 0 Å². The van der Waals surface area contributed by atoms with Gasteiger partial charge in [-0.15, -0.1) is 0 Å². The summed E-state index contributed by atoms with van der Waals surface area (Å²) in [7, 11) is 3.41. The van der Waals surface area contributed by atoms with E-state index in [1.807, 2.05) is 48.5 Å². The summed E-state index contributed by atoms with van der Waals surface area (Å²) in [5.74, 6) is -2.13. The topological polar surface area (TPSA) is 65.1 Å². The maximum absolute atomic E-state index is 14.9. The maximum atomic E-state index is 14.9. The van der Waals surface area contributed by atoms with Gasteiger partial charge in [-0.2, -0.15) is 0 Å². The van der Waals surface area contributed by atoms with Gasteiger partial charge in [-0.25, -0.2) is 13.6 Å². The third-order valence-corrected chi connectivity index (χ3v) is 8.60. The SMILES string of the molecule is CN(C)C(=O)NC1(c2ccccc2)CCN(C(CN2CCOCC2)(C(=O)c2ccccc2)c2ccc(F)c(F)c2)CC1. The average molecular weight is 577 g/mol. The van der Waals surface area contributed by atoms with Gasteiger partial charge in [0.05, 0.1) is 18.8 Å². The highest BCUT2D eigenvalue weighted by Gasteiger charge is 2.51. The van der Waals surface area contributed by atoms with Crippen LogP contribution in [0.25, 0.3) is 0 Å². The highest BCUT2D eigenvalue weighted by Crippen LogP contribution is 2.41. The summed E-state index contributed by atoms with van der Waals surface area (Å²) in [6, 6.07) is 22.5. The Balaban J connectivity index is 1.60. The molecule has 1 unspecified atom stereocenters. The van der Waals surface area contributed by atoms with Gasteiger partial charge in [0, 0.05) is 52.4 Å². The third-order valence-electron chi connectivity index (χ3n) is 8.60. The molecule has 0 saturated carbocycles. The molecule has 1 N–H and O–H groups in total. The van der Waals surface area contributed by atoms with Gasteiger partial charge in [-0.3, -0.25) is 14.6 Å². The quantitative estimate of drug-likeness (QED) is 0.396. The number of likely N-dealkylation sites (tertiary alicyclic amines) is 1. The standard InChI is InChI=1S/C33H38F2N4O3/c1-37(2)31(41)36-32(26-11-7-4-8-12-26)15-17-39(18-16-32)33(24-38-19-21-42-22-20-38,27-13-14-28(34)29(35)23-27)30(40)25-9-5-3-6-10-25/h3-14,23H,15-22,24H2,1-2H3,(H,36,41). The lowest BCUT2D eigenvalue weighted by Crippen LogP contribution is -2.64. The minimum Gasteiger partial charge on any atom is -0.379 e. The first kappa shape index (κ1) is 29.8. The third kappa shape index (κ3) is 5.95. The molecule has 9 heteroatoms. The van der Waals surface area contributed by atoms with E-state index >= 15 is 0 Å². The normalized spacial score (nSPS) is 19.0. The van der Waals surface area contributed by atoms with E-state index in [1.54, 1.807) is 26.2 Å². The second-order valence-electron chi connectivity index (χ2n) is 11.3. The number of Topliss-reactive ketones (excluding diaryl/α,β-unsaturated/α-hetero) is 1. The van der Waals surface area contributed by atoms with Gasteiger partial charge in [0.15, 0.2) is 17.4 Å². The zero-order chi connectivity index (χ0) is 29.7. The van der Waals surface area contributed by atoms with E-state index in [-0.39, 0.29) is 18.4 Å². The van der Waals surface area contributed by atoms with Crippen LogP contribution in [0, 0.1) is 11.6 Å². The number of nitrogens with one attached hydrogen (secondary N) is 1. The number of ether oxygens (including phenoxy) is 1. The van der Waals surface area contributed by atoms with Crippen molar-refractivity contribution >= 4 is 11.8 Å². The van der Waals surface area contributed by atoms with E-state index in [9.17, 15) is 18.4 Å². The molecule has 2 heterocycles. The van der Waals surface area contributed by atoms with E-state index in [4.69, 9.17) is 4.74 Å². The molecule has 2 aliphatic rings. The fourth-order valence-corrected chi connectivity index (χ4v) is 6.21. The molecule has 0 aromatic heterocycles. The number of hydrogen-bond donors (Lipinski definition) is 1. The number of nitrogens with zero attached hydrogens (tertiary/aromatic N) is 3. The number of carbonyl (C=O) groups is 2. The van der Waals surface area contributed by atoms with Gasteiger partial charge in [-0.05, 0) is 36.1 Å². The number of ketones is 1. The van der Waals surface area contributed by atoms with Crippen molar-refractivity contribution in [2.75, 3.05) is 60.0 Å². The lowest BCUT2D eigenvalue weighted by Gasteiger charge is -2.51. The number of morpholine rings is 1. The Hall–Kier alpha value is -3.66. The monoisotopic (exact) mass is 576 g/mol. The van der Waals surface area contributed by atoms with Crippen molar-refractivity contribution in [3.05, 3.63) is 107 Å². The van der Waals surface area contributed by atoms with Crippen molar-refractivity contribution in [2.45, 2.75) is 23.9 Å². The molecule has 3 aromatic rings. The first-order valence-corrected chi connectivity index (χ1v) is 14.4. The van der Waals surface area contributed by atoms with E-state index in [2.05, 4.69) is 15.1 Å². The van der Waals surface area contributed by atoms with E-state index in [0.29, 0.717) is 63.4 Å². The van der Waals surface area contributed by atoms with Crippen molar-refractivity contribution in [3.63, 3.8) is 0 Å². The summed E-state index contributed by atoms with van der Waals surface area (Å²) >= 11 is 0. The van der Waals surface area contributed by atoms with Gasteiger partial charge in [0.1, 0.15) is 5.54 Å². The largest absolute Gasteiger partial charge is 0.379 e. The Bertz CT molecular complexity index is 1370. The molecule has 2 amide bonds. The maximum Gasteiger partial charge on any atom is 0.317 e. The first-order valence-electron chi connectivity index (χ1n) is 14.4. The van der Waals surface area contributed by atoms with Gasteiger partial charge in [0.2, 0.25) is 0 Å². The zero-order valence-electron chi connectivity index (χ0n) is 24.2. The minimum atomic E-state index is -1.30. The summed E-state index contributed by atoms with van der Waals surface area (Å²) in [5, 5.41) is 3.26. The van der Waals surface area contributed by atoms with Crippen LogP contribution >= 0.6 is 0 Å². The van der Waals surface area contributed by atoms with Crippen molar-refractivity contribution < 1.29 is 23.1 Å². The summed E-state index contributed by atoms with van der Waals surface area (Å²) in [5.41, 5.74) is -0.0709. The van der Waals surface area contributed by atoms with Crippen LogP contribution in [0.5, 0.6) is 0 Å². The second-order valence-corrected chi connectivity index (χ2v) is 11.3. The van der Waals surface area contributed by atoms with E-state index in [0.717, 1.165) is 11.6 Å². The highest BCUT2D eigenvalue weighted by atomic mass is 19.2. The number of rotatable bonds is 8. The van der Waals surface area contributed by atoms with Gasteiger partial charge >= 0.3 is 6.03 Å². The molecular weight excluding hydrogens is 538 g/mol. The smallest absolute Gasteiger partial charge is 0.317 e. The number of piperidine rings is 1. The van der Waals surface area contributed by atoms with Crippen LogP contribution in [-0.4, -0.2) is 86.5 Å². The molecule has 7 nitrogen and oxygen atoms in total. The van der Waals surface area contributed by atoms with Gasteiger partial charge < -0.3 is 15.0 Å². The molecule has 0 radical (unpaired) electrons. The Kier molecular flexibility index (Phi) is 9.01. The molecule has 222 valence electrons. The fourth-order valence-electron chi connectivity index (χ4n) is 6.21. The van der Waals surface area contributed by atoms with Crippen molar-refractivity contribution in [2.24, 2.45) is 0 Å². The molecule has 2 aliphatic heterocycles. The summed E-state index contributed by atoms with van der Waals surface area (Å²) in [6.07, 6.45) is 1.04. The zero-order valence-corrected chi connectivity index (χ0v) is 24.2. The van der Waals surface area contributed by atoms with Crippen LogP contribution in [0.2, 0.25) is 0 Å². The minimum absolute atomic E-state index is 0.176. The lowest BCUT2D eigenvalue weighted by atomic mass is 9.75. The molecule has 0 spiro atoms. The Morgan fingerprint density at radius 3 is 2.10 bits per heavy atom. The number of halogens is 2. The van der Waals surface area contributed by atoms with Crippen LogP contribution in [0.3, 0.4) is 0 Å². The highest BCUT2D eigenvalue weighted by molar-refractivity contribution is 6.04. The van der Waals surface area contributed by atoms with Crippen LogP contribution in [0.1, 0.15) is 34.3 Å². The molecule has 5 rings (SSSR count). The average Bonchev–Trinajstić information content (AvgIpc) is 3.02. The molecule has 2 saturated heterocycles. The van der Waals surface area contributed by atoms with Crippen LogP contribution in [-0.2, 0) is 15.8 Å². The van der Waals surface area contributed by atoms with Gasteiger partial charge in [-0.1, -0.05) is 66.7 Å². The summed E-state index contributed by atoms with van der Waals surface area (Å²) in [6.45, 7) is 3.46.